The first kappa shape index (κ1) is 13.4. The average molecular weight is 313 g/mol. The first-order valence-electron chi connectivity index (χ1n) is 5.95. The summed E-state index contributed by atoms with van der Waals surface area (Å²) in [6.45, 7) is 2.64. The number of ether oxygens (including phenoxy) is 1. The summed E-state index contributed by atoms with van der Waals surface area (Å²) in [5.74, 6) is 0.732. The Hall–Kier alpha value is -1.07. The lowest BCUT2D eigenvalue weighted by atomic mass is 10.1. The van der Waals surface area contributed by atoms with Gasteiger partial charge in [0.2, 0.25) is 0 Å². The lowest BCUT2D eigenvalue weighted by molar-refractivity contribution is -0.132. The number of carbonyl (C=O) groups excluding carboxylic acids is 1. The molecule has 0 bridgehead atoms. The maximum Gasteiger partial charge on any atom is 0.263 e. The summed E-state index contributed by atoms with van der Waals surface area (Å²) in [7, 11) is 1.79. The van der Waals surface area contributed by atoms with Crippen LogP contribution in [0.25, 0.3) is 0 Å². The van der Waals surface area contributed by atoms with E-state index in [1.807, 2.05) is 25.1 Å². The Balaban J connectivity index is 2.21. The van der Waals surface area contributed by atoms with E-state index in [-0.39, 0.29) is 18.1 Å². The summed E-state index contributed by atoms with van der Waals surface area (Å²) < 4.78 is 6.77. The summed E-state index contributed by atoms with van der Waals surface area (Å²) in [6, 6.07) is 5.55. The number of nitrogens with two attached hydrogens (primary N) is 1. The molecule has 1 aromatic rings. The first-order chi connectivity index (χ1) is 8.49. The van der Waals surface area contributed by atoms with Crippen molar-refractivity contribution in [1.29, 1.82) is 0 Å². The molecule has 1 heterocycles. The van der Waals surface area contributed by atoms with E-state index < -0.39 is 0 Å². The highest BCUT2D eigenvalue weighted by molar-refractivity contribution is 9.10. The zero-order chi connectivity index (χ0) is 13.3. The molecule has 1 aliphatic heterocycles. The van der Waals surface area contributed by atoms with Crippen LogP contribution in [0, 0.1) is 0 Å². The maximum atomic E-state index is 11.8. The molecule has 2 atom stereocenters. The number of nitrogens with zero attached hydrogens (tertiary/aromatic N) is 1. The molecule has 98 valence electrons. The highest BCUT2D eigenvalue weighted by atomic mass is 79.9. The Labute approximate surface area is 115 Å². The first-order valence-corrected chi connectivity index (χ1v) is 6.75. The molecule has 2 rings (SSSR count). The smallest absolute Gasteiger partial charge is 0.263 e. The van der Waals surface area contributed by atoms with Crippen LogP contribution in [0.15, 0.2) is 22.7 Å². The van der Waals surface area contributed by atoms with Gasteiger partial charge in [0.15, 0.2) is 6.10 Å². The van der Waals surface area contributed by atoms with Crippen LogP contribution in [-0.4, -0.2) is 30.5 Å². The highest BCUT2D eigenvalue weighted by Gasteiger charge is 2.31. The summed E-state index contributed by atoms with van der Waals surface area (Å²) in [5.41, 5.74) is 6.83. The topological polar surface area (TPSA) is 55.6 Å². The van der Waals surface area contributed by atoms with E-state index in [0.717, 1.165) is 23.0 Å². The van der Waals surface area contributed by atoms with Crippen LogP contribution in [-0.2, 0) is 4.79 Å². The molecule has 1 amide bonds. The van der Waals surface area contributed by atoms with E-state index in [1.54, 1.807) is 11.9 Å². The molecule has 1 fully saturated rings. The second-order valence-electron chi connectivity index (χ2n) is 4.63. The molecule has 5 heteroatoms. The third-order valence-corrected chi connectivity index (χ3v) is 3.60. The number of rotatable bonds is 3. The predicted molar refractivity (Wildman–Crippen MR) is 73.4 cm³/mol. The molecular formula is C13H17BrN2O2. The largest absolute Gasteiger partial charge is 0.480 e. The van der Waals surface area contributed by atoms with Crippen molar-refractivity contribution in [2.75, 3.05) is 13.6 Å². The molecule has 2 unspecified atom stereocenters. The fraction of sp³-hybridized carbons (Fsp3) is 0.462. The van der Waals surface area contributed by atoms with Gasteiger partial charge >= 0.3 is 0 Å². The normalized spacial score (nSPS) is 21.2. The van der Waals surface area contributed by atoms with Gasteiger partial charge < -0.3 is 15.4 Å². The highest BCUT2D eigenvalue weighted by Crippen LogP contribution is 2.29. The Morgan fingerprint density at radius 1 is 1.56 bits per heavy atom. The van der Waals surface area contributed by atoms with E-state index in [1.165, 1.54) is 0 Å². The zero-order valence-corrected chi connectivity index (χ0v) is 12.1. The van der Waals surface area contributed by atoms with Crippen molar-refractivity contribution >= 4 is 21.8 Å². The molecule has 0 saturated carbocycles. The second kappa shape index (κ2) is 5.28. The Bertz CT molecular complexity index is 462. The van der Waals surface area contributed by atoms with Crippen molar-refractivity contribution in [3.63, 3.8) is 0 Å². The molecule has 2 N–H and O–H groups in total. The van der Waals surface area contributed by atoms with Gasteiger partial charge in [0.25, 0.3) is 5.91 Å². The monoisotopic (exact) mass is 312 g/mol. The third-order valence-electron chi connectivity index (χ3n) is 3.11. The van der Waals surface area contributed by atoms with Crippen molar-refractivity contribution < 1.29 is 9.53 Å². The number of halogens is 1. The summed E-state index contributed by atoms with van der Waals surface area (Å²) in [4.78, 5) is 13.5. The lowest BCUT2D eigenvalue weighted by Crippen LogP contribution is -2.29. The van der Waals surface area contributed by atoms with Gasteiger partial charge in [-0.15, -0.1) is 0 Å². The number of hydrogen-bond acceptors (Lipinski definition) is 3. The van der Waals surface area contributed by atoms with Crippen LogP contribution >= 0.6 is 15.9 Å². The van der Waals surface area contributed by atoms with Gasteiger partial charge in [-0.3, -0.25) is 4.79 Å². The van der Waals surface area contributed by atoms with E-state index in [2.05, 4.69) is 15.9 Å². The average Bonchev–Trinajstić information content (AvgIpc) is 2.63. The minimum absolute atomic E-state index is 0.0357. The van der Waals surface area contributed by atoms with Crippen molar-refractivity contribution in [1.82, 2.24) is 4.90 Å². The molecule has 0 spiro atoms. The Kier molecular flexibility index (Phi) is 3.92. The number of hydrogen-bond donors (Lipinski definition) is 1. The quantitative estimate of drug-likeness (QED) is 0.929. The van der Waals surface area contributed by atoms with Crippen molar-refractivity contribution in [3.8, 4) is 5.75 Å². The van der Waals surface area contributed by atoms with Crippen LogP contribution < -0.4 is 10.5 Å². The standard InChI is InChI=1S/C13H17BrN2O2/c1-8(15)10-7-9(14)3-4-11(10)18-12-5-6-16(2)13(12)17/h3-4,7-8,12H,5-6,15H2,1-2H3. The van der Waals surface area contributed by atoms with E-state index >= 15 is 0 Å². The fourth-order valence-electron chi connectivity index (χ4n) is 2.04. The van der Waals surface area contributed by atoms with Crippen molar-refractivity contribution in [2.45, 2.75) is 25.5 Å². The third kappa shape index (κ3) is 2.67. The lowest BCUT2D eigenvalue weighted by Gasteiger charge is -2.18. The van der Waals surface area contributed by atoms with Gasteiger partial charge in [0, 0.05) is 36.1 Å². The van der Waals surface area contributed by atoms with Crippen molar-refractivity contribution in [3.05, 3.63) is 28.2 Å². The number of likely N-dealkylation sites (N-methyl/N-ethyl adjacent to an activating group) is 1. The number of carbonyl (C=O) groups is 1. The molecular weight excluding hydrogens is 296 g/mol. The maximum absolute atomic E-state index is 11.8. The molecule has 18 heavy (non-hydrogen) atoms. The Morgan fingerprint density at radius 2 is 2.28 bits per heavy atom. The molecule has 1 saturated heterocycles. The number of likely N-dealkylation sites (tertiary alicyclic amines) is 1. The van der Waals surface area contributed by atoms with Gasteiger partial charge in [0.1, 0.15) is 5.75 Å². The molecule has 4 nitrogen and oxygen atoms in total. The van der Waals surface area contributed by atoms with E-state index in [4.69, 9.17) is 10.5 Å². The fourth-order valence-corrected chi connectivity index (χ4v) is 2.41. The summed E-state index contributed by atoms with van der Waals surface area (Å²) in [5, 5.41) is 0. The van der Waals surface area contributed by atoms with Crippen LogP contribution in [0.2, 0.25) is 0 Å². The van der Waals surface area contributed by atoms with Gasteiger partial charge in [0.05, 0.1) is 0 Å². The van der Waals surface area contributed by atoms with Gasteiger partial charge in [-0.2, -0.15) is 0 Å². The molecule has 1 aliphatic rings. The Morgan fingerprint density at radius 3 is 2.83 bits per heavy atom. The van der Waals surface area contributed by atoms with Gasteiger partial charge in [-0.25, -0.2) is 0 Å². The summed E-state index contributed by atoms with van der Waals surface area (Å²) in [6.07, 6.45) is 0.345. The number of amides is 1. The van der Waals surface area contributed by atoms with E-state index in [9.17, 15) is 4.79 Å². The van der Waals surface area contributed by atoms with Crippen LogP contribution in [0.5, 0.6) is 5.75 Å². The van der Waals surface area contributed by atoms with Crippen molar-refractivity contribution in [2.24, 2.45) is 5.73 Å². The van der Waals surface area contributed by atoms with Crippen LogP contribution in [0.3, 0.4) is 0 Å². The van der Waals surface area contributed by atoms with Gasteiger partial charge in [-0.1, -0.05) is 15.9 Å². The van der Waals surface area contributed by atoms with Crippen LogP contribution in [0.1, 0.15) is 24.9 Å². The minimum atomic E-state index is -0.381. The molecule has 1 aromatic carbocycles. The predicted octanol–water partition coefficient (Wildman–Crippen LogP) is 2.08. The second-order valence-corrected chi connectivity index (χ2v) is 5.54. The zero-order valence-electron chi connectivity index (χ0n) is 10.5. The minimum Gasteiger partial charge on any atom is -0.480 e. The number of benzene rings is 1. The van der Waals surface area contributed by atoms with E-state index in [0.29, 0.717) is 5.75 Å². The molecule has 0 aromatic heterocycles. The summed E-state index contributed by atoms with van der Waals surface area (Å²) >= 11 is 3.41. The van der Waals surface area contributed by atoms with Gasteiger partial charge in [-0.05, 0) is 25.1 Å². The van der Waals surface area contributed by atoms with Crippen LogP contribution in [0.4, 0.5) is 0 Å². The molecule has 0 aliphatic carbocycles. The molecule has 0 radical (unpaired) electrons. The SMILES string of the molecule is CC(N)c1cc(Br)ccc1OC1CCN(C)C1=O.